The molecule has 1 aromatic heterocycles. The minimum Gasteiger partial charge on any atom is -0.481 e. The second-order valence-electron chi connectivity index (χ2n) is 8.74. The number of nitro benzene ring substituents is 1. The highest BCUT2D eigenvalue weighted by Gasteiger charge is 2.26. The van der Waals surface area contributed by atoms with Gasteiger partial charge in [0.25, 0.3) is 5.69 Å². The van der Waals surface area contributed by atoms with Gasteiger partial charge in [-0.15, -0.1) is 0 Å². The maximum Gasteiger partial charge on any atom is 0.310 e. The van der Waals surface area contributed by atoms with E-state index >= 15 is 0 Å². The predicted molar refractivity (Wildman–Crippen MR) is 141 cm³/mol. The SMILES string of the molecule is CC(C(=O)O)c1ccc(C[n+]2ccc(/C=C3\Sc4ccccc4N3C)c3ccccc32)cc1[N+](=O)[O-]. The van der Waals surface area contributed by atoms with Crippen molar-refractivity contribution in [1.82, 2.24) is 0 Å². The third kappa shape index (κ3) is 4.31. The van der Waals surface area contributed by atoms with Crippen LogP contribution in [0.2, 0.25) is 0 Å². The highest BCUT2D eigenvalue weighted by atomic mass is 32.2. The number of nitro groups is 1. The van der Waals surface area contributed by atoms with Crippen molar-refractivity contribution in [2.24, 2.45) is 0 Å². The molecule has 7 nitrogen and oxygen atoms in total. The van der Waals surface area contributed by atoms with E-state index in [-0.39, 0.29) is 11.3 Å². The lowest BCUT2D eigenvalue weighted by Gasteiger charge is -2.13. The van der Waals surface area contributed by atoms with Crippen LogP contribution in [-0.4, -0.2) is 23.0 Å². The number of nitrogens with zero attached hydrogens (tertiary/aromatic N) is 3. The van der Waals surface area contributed by atoms with E-state index in [1.54, 1.807) is 23.9 Å². The topological polar surface area (TPSA) is 87.6 Å². The Labute approximate surface area is 212 Å². The summed E-state index contributed by atoms with van der Waals surface area (Å²) in [7, 11) is 2.07. The molecule has 0 amide bonds. The van der Waals surface area contributed by atoms with E-state index < -0.39 is 16.8 Å². The smallest absolute Gasteiger partial charge is 0.310 e. The fraction of sp³-hybridized carbons (Fsp3) is 0.143. The zero-order valence-corrected chi connectivity index (χ0v) is 20.6. The second kappa shape index (κ2) is 9.47. The lowest BCUT2D eigenvalue weighted by molar-refractivity contribution is -0.662. The minimum atomic E-state index is -1.09. The summed E-state index contributed by atoms with van der Waals surface area (Å²) < 4.78 is 2.05. The van der Waals surface area contributed by atoms with Gasteiger partial charge in [0.15, 0.2) is 12.7 Å². The molecule has 5 rings (SSSR count). The molecule has 180 valence electrons. The first-order chi connectivity index (χ1) is 17.3. The Morgan fingerprint density at radius 2 is 1.89 bits per heavy atom. The van der Waals surface area contributed by atoms with E-state index in [2.05, 4.69) is 46.9 Å². The predicted octanol–water partition coefficient (Wildman–Crippen LogP) is 5.81. The Bertz CT molecular complexity index is 1550. The van der Waals surface area contributed by atoms with Gasteiger partial charge >= 0.3 is 5.97 Å². The maximum atomic E-state index is 11.7. The molecular weight excluding hydrogens is 474 g/mol. The molecule has 0 fully saturated rings. The molecule has 1 unspecified atom stereocenters. The normalized spacial score (nSPS) is 14.7. The molecule has 0 saturated heterocycles. The summed E-state index contributed by atoms with van der Waals surface area (Å²) in [6.45, 7) is 1.87. The number of thioether (sulfide) groups is 1. The summed E-state index contributed by atoms with van der Waals surface area (Å²) >= 11 is 1.74. The number of anilines is 1. The molecule has 8 heteroatoms. The van der Waals surface area contributed by atoms with Gasteiger partial charge in [0, 0.05) is 41.3 Å². The van der Waals surface area contributed by atoms with Gasteiger partial charge in [0.1, 0.15) is 0 Å². The van der Waals surface area contributed by atoms with Crippen LogP contribution in [0.25, 0.3) is 17.0 Å². The molecule has 2 heterocycles. The number of carboxylic acids is 1. The van der Waals surface area contributed by atoms with Gasteiger partial charge in [-0.2, -0.15) is 4.57 Å². The van der Waals surface area contributed by atoms with Gasteiger partial charge in [-0.3, -0.25) is 14.9 Å². The summed E-state index contributed by atoms with van der Waals surface area (Å²) in [4.78, 5) is 26.0. The van der Waals surface area contributed by atoms with Gasteiger partial charge in [0.05, 0.1) is 26.9 Å². The number of pyridine rings is 1. The number of fused-ring (bicyclic) bond motifs is 2. The zero-order chi connectivity index (χ0) is 25.4. The van der Waals surface area contributed by atoms with Crippen LogP contribution in [0.5, 0.6) is 0 Å². The van der Waals surface area contributed by atoms with Gasteiger partial charge in [-0.25, -0.2) is 0 Å². The molecule has 1 N–H and O–H groups in total. The summed E-state index contributed by atoms with van der Waals surface area (Å²) in [5.74, 6) is -2.05. The van der Waals surface area contributed by atoms with Crippen molar-refractivity contribution in [1.29, 1.82) is 0 Å². The van der Waals surface area contributed by atoms with Crippen molar-refractivity contribution >= 4 is 46.1 Å². The molecule has 4 aromatic rings. The van der Waals surface area contributed by atoms with Crippen molar-refractivity contribution in [2.45, 2.75) is 24.3 Å². The summed E-state index contributed by atoms with van der Waals surface area (Å²) in [6.07, 6.45) is 4.17. The number of aromatic nitrogens is 1. The third-order valence-electron chi connectivity index (χ3n) is 6.49. The molecule has 1 atom stereocenters. The molecule has 3 aromatic carbocycles. The van der Waals surface area contributed by atoms with Crippen LogP contribution in [0.15, 0.2) is 88.9 Å². The van der Waals surface area contributed by atoms with Crippen molar-refractivity contribution in [3.8, 4) is 0 Å². The minimum absolute atomic E-state index is 0.172. The molecule has 36 heavy (non-hydrogen) atoms. The van der Waals surface area contributed by atoms with Gasteiger partial charge in [0.2, 0.25) is 5.52 Å². The fourth-order valence-electron chi connectivity index (χ4n) is 4.49. The standard InChI is InChI=1S/C28H23N3O4S/c1-18(28(32)33)21-12-11-19(15-25(21)31(34)35)17-30-14-13-20(22-7-3-4-8-23(22)30)16-27-29(2)24-9-5-6-10-26(24)36-27/h3-16,18H,17H2,1-2H3/p+1. The molecule has 0 spiro atoms. The molecule has 0 saturated carbocycles. The summed E-state index contributed by atoms with van der Waals surface area (Å²) in [5.41, 5.74) is 4.03. The first-order valence-corrected chi connectivity index (χ1v) is 12.3. The van der Waals surface area contributed by atoms with E-state index in [1.807, 2.05) is 36.5 Å². The van der Waals surface area contributed by atoms with Crippen LogP contribution in [0.3, 0.4) is 0 Å². The Morgan fingerprint density at radius 1 is 1.14 bits per heavy atom. The highest BCUT2D eigenvalue weighted by molar-refractivity contribution is 8.03. The average molecular weight is 499 g/mol. The monoisotopic (exact) mass is 498 g/mol. The fourth-order valence-corrected chi connectivity index (χ4v) is 5.60. The van der Waals surface area contributed by atoms with Crippen molar-refractivity contribution in [3.05, 3.63) is 111 Å². The Morgan fingerprint density at radius 3 is 2.64 bits per heavy atom. The highest BCUT2D eigenvalue weighted by Crippen LogP contribution is 2.45. The first kappa shape index (κ1) is 23.6. The number of hydrogen-bond donors (Lipinski definition) is 1. The number of benzene rings is 3. The first-order valence-electron chi connectivity index (χ1n) is 11.5. The number of aliphatic carboxylic acids is 1. The quantitative estimate of drug-likeness (QED) is 0.205. The van der Waals surface area contributed by atoms with E-state index in [9.17, 15) is 20.0 Å². The molecule has 1 aliphatic rings. The Hall–Kier alpha value is -4.17. The Balaban J connectivity index is 1.51. The largest absolute Gasteiger partial charge is 0.481 e. The third-order valence-corrected chi connectivity index (χ3v) is 7.66. The van der Waals surface area contributed by atoms with E-state index in [1.165, 1.54) is 23.6 Å². The average Bonchev–Trinajstić information content (AvgIpc) is 3.20. The van der Waals surface area contributed by atoms with Crippen molar-refractivity contribution < 1.29 is 19.4 Å². The number of carbonyl (C=O) groups is 1. The lowest BCUT2D eigenvalue weighted by atomic mass is 9.97. The number of hydrogen-bond acceptors (Lipinski definition) is 5. The lowest BCUT2D eigenvalue weighted by Crippen LogP contribution is -2.35. The van der Waals surface area contributed by atoms with Gasteiger partial charge in [-0.05, 0) is 36.8 Å². The molecule has 1 aliphatic heterocycles. The zero-order valence-electron chi connectivity index (χ0n) is 19.8. The number of rotatable bonds is 6. The van der Waals surface area contributed by atoms with Crippen LogP contribution in [0, 0.1) is 10.1 Å². The van der Waals surface area contributed by atoms with E-state index in [0.29, 0.717) is 6.54 Å². The number of carboxylic acid groups (broad SMARTS) is 1. The Kier molecular flexibility index (Phi) is 6.20. The van der Waals surface area contributed by atoms with Crippen molar-refractivity contribution in [2.75, 3.05) is 11.9 Å². The van der Waals surface area contributed by atoms with Crippen molar-refractivity contribution in [3.63, 3.8) is 0 Å². The van der Waals surface area contributed by atoms with Crippen LogP contribution in [0.4, 0.5) is 11.4 Å². The van der Waals surface area contributed by atoms with E-state index in [4.69, 9.17) is 0 Å². The van der Waals surface area contributed by atoms with Crippen LogP contribution < -0.4 is 9.47 Å². The summed E-state index contributed by atoms with van der Waals surface area (Å²) in [5, 5.41) is 23.2. The molecular formula is C28H24N3O4S+. The van der Waals surface area contributed by atoms with Gasteiger partial charge < -0.3 is 10.0 Å². The van der Waals surface area contributed by atoms with Crippen LogP contribution in [-0.2, 0) is 11.3 Å². The molecule has 0 aliphatic carbocycles. The molecule has 0 radical (unpaired) electrons. The van der Waals surface area contributed by atoms with Crippen LogP contribution >= 0.6 is 11.8 Å². The maximum absolute atomic E-state index is 11.7. The van der Waals surface area contributed by atoms with Gasteiger partial charge in [-0.1, -0.05) is 48.2 Å². The van der Waals surface area contributed by atoms with E-state index in [0.717, 1.165) is 27.1 Å². The second-order valence-corrected chi connectivity index (χ2v) is 9.80. The molecule has 0 bridgehead atoms. The summed E-state index contributed by atoms with van der Waals surface area (Å²) in [6, 6.07) is 23.3. The van der Waals surface area contributed by atoms with Crippen LogP contribution in [0.1, 0.15) is 29.5 Å². The number of para-hydroxylation sites is 2.